The van der Waals surface area contributed by atoms with E-state index in [-0.39, 0.29) is 10.7 Å². The first-order valence-electron chi connectivity index (χ1n) is 6.96. The summed E-state index contributed by atoms with van der Waals surface area (Å²) >= 11 is 1.93. The number of rotatable bonds is 3. The number of likely N-dealkylation sites (tertiary alicyclic amines) is 1. The van der Waals surface area contributed by atoms with Crippen molar-refractivity contribution in [2.45, 2.75) is 50.8 Å². The van der Waals surface area contributed by atoms with Crippen molar-refractivity contribution in [2.24, 2.45) is 0 Å². The van der Waals surface area contributed by atoms with E-state index in [1.165, 1.54) is 6.42 Å². The van der Waals surface area contributed by atoms with E-state index >= 15 is 0 Å². The summed E-state index contributed by atoms with van der Waals surface area (Å²) in [5.41, 5.74) is 0. The first kappa shape index (κ1) is 14.5. The molecule has 4 heteroatoms. The van der Waals surface area contributed by atoms with Crippen molar-refractivity contribution in [3.8, 4) is 0 Å². The van der Waals surface area contributed by atoms with Crippen LogP contribution in [-0.2, 0) is 0 Å². The maximum absolute atomic E-state index is 12.4. The van der Waals surface area contributed by atoms with E-state index in [0.717, 1.165) is 25.1 Å². The van der Waals surface area contributed by atoms with Crippen molar-refractivity contribution < 1.29 is 9.21 Å². The van der Waals surface area contributed by atoms with Crippen LogP contribution in [0.5, 0.6) is 0 Å². The third kappa shape index (κ3) is 4.03. The van der Waals surface area contributed by atoms with Crippen LogP contribution < -0.4 is 0 Å². The Bertz CT molecular complexity index is 408. The average molecular weight is 281 g/mol. The fourth-order valence-electron chi connectivity index (χ4n) is 2.33. The zero-order chi connectivity index (χ0) is 13.9. The Morgan fingerprint density at radius 1 is 1.47 bits per heavy atom. The first-order valence-corrected chi connectivity index (χ1v) is 7.94. The van der Waals surface area contributed by atoms with Gasteiger partial charge in [0.15, 0.2) is 5.76 Å². The van der Waals surface area contributed by atoms with Gasteiger partial charge in [0, 0.05) is 23.1 Å². The summed E-state index contributed by atoms with van der Waals surface area (Å²) in [5.74, 6) is 1.52. The highest BCUT2D eigenvalue weighted by Crippen LogP contribution is 2.29. The van der Waals surface area contributed by atoms with Crippen LogP contribution in [0.3, 0.4) is 0 Å². The first-order chi connectivity index (χ1) is 8.97. The van der Waals surface area contributed by atoms with Crippen LogP contribution in [0.15, 0.2) is 22.8 Å². The Balaban J connectivity index is 2.01. The SMILES string of the molecule is CC(C)(C)SC[C@H]1CCCCN1C(=O)c1ccco1. The van der Waals surface area contributed by atoms with E-state index in [1.54, 1.807) is 18.4 Å². The summed E-state index contributed by atoms with van der Waals surface area (Å²) in [6.07, 6.45) is 4.99. The summed E-state index contributed by atoms with van der Waals surface area (Å²) in [4.78, 5) is 14.4. The van der Waals surface area contributed by atoms with E-state index in [2.05, 4.69) is 20.8 Å². The lowest BCUT2D eigenvalue weighted by Crippen LogP contribution is -2.45. The van der Waals surface area contributed by atoms with E-state index in [9.17, 15) is 4.79 Å². The van der Waals surface area contributed by atoms with Gasteiger partial charge in [-0.3, -0.25) is 4.79 Å². The highest BCUT2D eigenvalue weighted by molar-refractivity contribution is 8.00. The lowest BCUT2D eigenvalue weighted by Gasteiger charge is -2.36. The van der Waals surface area contributed by atoms with Crippen molar-refractivity contribution >= 4 is 17.7 Å². The van der Waals surface area contributed by atoms with Crippen molar-refractivity contribution in [3.63, 3.8) is 0 Å². The molecule has 106 valence electrons. The molecule has 0 saturated carbocycles. The Hall–Kier alpha value is -0.900. The molecule has 0 unspecified atom stereocenters. The summed E-state index contributed by atoms with van der Waals surface area (Å²) in [6.45, 7) is 7.52. The normalized spacial score (nSPS) is 20.6. The molecule has 1 amide bonds. The molecule has 1 aliphatic rings. The van der Waals surface area contributed by atoms with Crippen LogP contribution in [0, 0.1) is 0 Å². The van der Waals surface area contributed by atoms with Gasteiger partial charge in [-0.15, -0.1) is 0 Å². The number of nitrogens with zero attached hydrogens (tertiary/aromatic N) is 1. The van der Waals surface area contributed by atoms with Crippen molar-refractivity contribution in [1.29, 1.82) is 0 Å². The predicted octanol–water partition coefficient (Wildman–Crippen LogP) is 3.81. The van der Waals surface area contributed by atoms with Gasteiger partial charge in [-0.2, -0.15) is 11.8 Å². The molecule has 2 heterocycles. The van der Waals surface area contributed by atoms with Crippen LogP contribution >= 0.6 is 11.8 Å². The molecular weight excluding hydrogens is 258 g/mol. The average Bonchev–Trinajstić information content (AvgIpc) is 2.89. The summed E-state index contributed by atoms with van der Waals surface area (Å²) in [5, 5.41) is 0. The number of amides is 1. The van der Waals surface area contributed by atoms with Crippen LogP contribution in [0.25, 0.3) is 0 Å². The molecule has 1 atom stereocenters. The molecule has 0 aliphatic carbocycles. The minimum absolute atomic E-state index is 0.0456. The van der Waals surface area contributed by atoms with Crippen molar-refractivity contribution in [3.05, 3.63) is 24.2 Å². The monoisotopic (exact) mass is 281 g/mol. The number of carbonyl (C=O) groups excluding carboxylic acids is 1. The topological polar surface area (TPSA) is 33.5 Å². The van der Waals surface area contributed by atoms with Crippen LogP contribution in [0.4, 0.5) is 0 Å². The summed E-state index contributed by atoms with van der Waals surface area (Å²) in [7, 11) is 0. The van der Waals surface area contributed by atoms with Crippen molar-refractivity contribution in [1.82, 2.24) is 4.90 Å². The fourth-order valence-corrected chi connectivity index (χ4v) is 3.37. The minimum Gasteiger partial charge on any atom is -0.459 e. The van der Waals surface area contributed by atoms with E-state index < -0.39 is 0 Å². The number of hydrogen-bond donors (Lipinski definition) is 0. The molecule has 1 saturated heterocycles. The van der Waals surface area contributed by atoms with Gasteiger partial charge in [-0.1, -0.05) is 20.8 Å². The lowest BCUT2D eigenvalue weighted by molar-refractivity contribution is 0.0608. The van der Waals surface area contributed by atoms with Gasteiger partial charge in [0.1, 0.15) is 0 Å². The van der Waals surface area contributed by atoms with Gasteiger partial charge in [0.2, 0.25) is 0 Å². The molecule has 2 rings (SSSR count). The quantitative estimate of drug-likeness (QED) is 0.845. The van der Waals surface area contributed by atoms with E-state index in [1.807, 2.05) is 16.7 Å². The van der Waals surface area contributed by atoms with Crippen LogP contribution in [-0.4, -0.2) is 33.9 Å². The van der Waals surface area contributed by atoms with Gasteiger partial charge in [-0.25, -0.2) is 0 Å². The van der Waals surface area contributed by atoms with Gasteiger partial charge >= 0.3 is 0 Å². The molecule has 0 N–H and O–H groups in total. The van der Waals surface area contributed by atoms with Gasteiger partial charge in [0.05, 0.1) is 6.26 Å². The van der Waals surface area contributed by atoms with Crippen LogP contribution in [0.1, 0.15) is 50.6 Å². The zero-order valence-corrected chi connectivity index (χ0v) is 12.8. The molecule has 0 aromatic carbocycles. The van der Waals surface area contributed by atoms with E-state index in [0.29, 0.717) is 11.8 Å². The number of piperidine rings is 1. The second kappa shape index (κ2) is 6.04. The molecule has 1 aromatic heterocycles. The molecule has 0 bridgehead atoms. The maximum Gasteiger partial charge on any atom is 0.289 e. The molecule has 19 heavy (non-hydrogen) atoms. The second-order valence-electron chi connectivity index (χ2n) is 6.05. The Kier molecular flexibility index (Phi) is 4.61. The lowest BCUT2D eigenvalue weighted by atomic mass is 10.0. The molecular formula is C15H23NO2S. The number of carbonyl (C=O) groups is 1. The smallest absolute Gasteiger partial charge is 0.289 e. The number of thioether (sulfide) groups is 1. The minimum atomic E-state index is 0.0456. The Morgan fingerprint density at radius 2 is 2.26 bits per heavy atom. The molecule has 1 aromatic rings. The Morgan fingerprint density at radius 3 is 2.89 bits per heavy atom. The van der Waals surface area contributed by atoms with Crippen molar-refractivity contribution in [2.75, 3.05) is 12.3 Å². The zero-order valence-electron chi connectivity index (χ0n) is 12.0. The second-order valence-corrected chi connectivity index (χ2v) is 7.90. The third-order valence-corrected chi connectivity index (χ3v) is 4.75. The highest BCUT2D eigenvalue weighted by Gasteiger charge is 2.29. The van der Waals surface area contributed by atoms with Gasteiger partial charge in [-0.05, 0) is 31.4 Å². The fraction of sp³-hybridized carbons (Fsp3) is 0.667. The maximum atomic E-state index is 12.4. The molecule has 0 spiro atoms. The molecule has 0 radical (unpaired) electrons. The predicted molar refractivity (Wildman–Crippen MR) is 79.6 cm³/mol. The van der Waals surface area contributed by atoms with Crippen LogP contribution in [0.2, 0.25) is 0 Å². The molecule has 3 nitrogen and oxygen atoms in total. The van der Waals surface area contributed by atoms with E-state index in [4.69, 9.17) is 4.42 Å². The standard InChI is InChI=1S/C15H23NO2S/c1-15(2,3)19-11-12-7-4-5-9-16(12)14(17)13-8-6-10-18-13/h6,8,10,12H,4-5,7,9,11H2,1-3H3/t12-/m1/s1. The Labute approximate surface area is 119 Å². The largest absolute Gasteiger partial charge is 0.459 e. The highest BCUT2D eigenvalue weighted by atomic mass is 32.2. The summed E-state index contributed by atoms with van der Waals surface area (Å²) in [6, 6.07) is 3.87. The van der Waals surface area contributed by atoms with Gasteiger partial charge in [0.25, 0.3) is 5.91 Å². The number of hydrogen-bond acceptors (Lipinski definition) is 3. The summed E-state index contributed by atoms with van der Waals surface area (Å²) < 4.78 is 5.49. The molecule has 1 aliphatic heterocycles. The third-order valence-electron chi connectivity index (χ3n) is 3.33. The number of furan rings is 1. The van der Waals surface area contributed by atoms with Gasteiger partial charge < -0.3 is 9.32 Å². The molecule has 1 fully saturated rings.